The number of nitrogens with zero attached hydrogens (tertiary/aromatic N) is 2. The second kappa shape index (κ2) is 4.40. The molecule has 0 aliphatic heterocycles. The summed E-state index contributed by atoms with van der Waals surface area (Å²) in [5.74, 6) is 1.38. The molecule has 5 heteroatoms. The highest BCUT2D eigenvalue weighted by molar-refractivity contribution is 5.89. The Morgan fingerprint density at radius 3 is 2.60 bits per heavy atom. The molecule has 2 aromatic heterocycles. The molecular formula is C10H13ClN2O2. The van der Waals surface area contributed by atoms with Crippen LogP contribution in [0.1, 0.15) is 0 Å². The lowest BCUT2D eigenvalue weighted by Crippen LogP contribution is -1.94. The number of aromatic nitrogens is 2. The number of fused-ring (bicyclic) bond motifs is 1. The van der Waals surface area contributed by atoms with E-state index in [0.29, 0.717) is 5.88 Å². The first-order valence-electron chi connectivity index (χ1n) is 4.30. The summed E-state index contributed by atoms with van der Waals surface area (Å²) in [6.07, 6.45) is 3.62. The van der Waals surface area contributed by atoms with Crippen LogP contribution in [-0.2, 0) is 7.05 Å². The van der Waals surface area contributed by atoms with E-state index in [1.807, 2.05) is 23.9 Å². The summed E-state index contributed by atoms with van der Waals surface area (Å²) in [4.78, 5) is 4.16. The van der Waals surface area contributed by atoms with E-state index >= 15 is 0 Å². The van der Waals surface area contributed by atoms with Crippen molar-refractivity contribution in [3.05, 3.63) is 18.5 Å². The summed E-state index contributed by atoms with van der Waals surface area (Å²) in [7, 11) is 5.20. The van der Waals surface area contributed by atoms with Crippen LogP contribution in [0.15, 0.2) is 18.5 Å². The first-order valence-corrected chi connectivity index (χ1v) is 4.30. The Morgan fingerprint density at radius 1 is 1.27 bits per heavy atom. The molecule has 0 saturated carbocycles. The monoisotopic (exact) mass is 228 g/mol. The molecule has 15 heavy (non-hydrogen) atoms. The zero-order chi connectivity index (χ0) is 10.1. The molecule has 0 aromatic carbocycles. The summed E-state index contributed by atoms with van der Waals surface area (Å²) >= 11 is 0. The topological polar surface area (TPSA) is 36.3 Å². The fourth-order valence-corrected chi connectivity index (χ4v) is 1.55. The predicted octanol–water partition coefficient (Wildman–Crippen LogP) is 2.01. The molecule has 0 N–H and O–H groups in total. The van der Waals surface area contributed by atoms with Crippen LogP contribution in [0.4, 0.5) is 0 Å². The third-order valence-electron chi connectivity index (χ3n) is 2.25. The summed E-state index contributed by atoms with van der Waals surface area (Å²) in [6.45, 7) is 0. The van der Waals surface area contributed by atoms with Crippen LogP contribution in [0.5, 0.6) is 11.6 Å². The number of hydrogen-bond donors (Lipinski definition) is 0. The molecule has 0 aliphatic carbocycles. The quantitative estimate of drug-likeness (QED) is 0.789. The van der Waals surface area contributed by atoms with Gasteiger partial charge in [0.2, 0.25) is 5.88 Å². The number of ether oxygens (including phenoxy) is 2. The van der Waals surface area contributed by atoms with Crippen molar-refractivity contribution in [3.63, 3.8) is 0 Å². The molecule has 0 atom stereocenters. The number of methoxy groups -OCH3 is 2. The molecule has 0 bridgehead atoms. The van der Waals surface area contributed by atoms with Gasteiger partial charge in [0.15, 0.2) is 0 Å². The van der Waals surface area contributed by atoms with Gasteiger partial charge in [0.05, 0.1) is 20.4 Å². The Hall–Kier alpha value is -1.42. The second-order valence-electron chi connectivity index (χ2n) is 3.02. The summed E-state index contributed by atoms with van der Waals surface area (Å²) in [6, 6.07) is 1.98. The predicted molar refractivity (Wildman–Crippen MR) is 61.1 cm³/mol. The van der Waals surface area contributed by atoms with E-state index in [1.54, 1.807) is 20.4 Å². The van der Waals surface area contributed by atoms with Crippen molar-refractivity contribution >= 4 is 23.3 Å². The molecule has 4 nitrogen and oxygen atoms in total. The van der Waals surface area contributed by atoms with E-state index in [0.717, 1.165) is 16.7 Å². The van der Waals surface area contributed by atoms with Gasteiger partial charge in [0.25, 0.3) is 0 Å². The SMILES string of the molecule is COc1cnc(OC)c2c1ccn2C.Cl. The lowest BCUT2D eigenvalue weighted by Gasteiger charge is -2.06. The number of pyridine rings is 1. The van der Waals surface area contributed by atoms with Gasteiger partial charge in [-0.15, -0.1) is 12.4 Å². The molecular weight excluding hydrogens is 216 g/mol. The lowest BCUT2D eigenvalue weighted by molar-refractivity contribution is 0.393. The zero-order valence-corrected chi connectivity index (χ0v) is 9.67. The molecule has 0 saturated heterocycles. The van der Waals surface area contributed by atoms with Crippen molar-refractivity contribution in [3.8, 4) is 11.6 Å². The molecule has 0 amide bonds. The van der Waals surface area contributed by atoms with Gasteiger partial charge in [-0.1, -0.05) is 0 Å². The summed E-state index contributed by atoms with van der Waals surface area (Å²) in [5, 5.41) is 1.02. The number of hydrogen-bond acceptors (Lipinski definition) is 3. The number of halogens is 1. The Morgan fingerprint density at radius 2 is 2.00 bits per heavy atom. The summed E-state index contributed by atoms with van der Waals surface area (Å²) in [5.41, 5.74) is 0.951. The third kappa shape index (κ3) is 1.72. The highest BCUT2D eigenvalue weighted by atomic mass is 35.5. The maximum Gasteiger partial charge on any atom is 0.238 e. The van der Waals surface area contributed by atoms with E-state index in [2.05, 4.69) is 4.98 Å². The van der Waals surface area contributed by atoms with Crippen LogP contribution in [0.25, 0.3) is 10.9 Å². The molecule has 0 aliphatic rings. The molecule has 2 heterocycles. The Kier molecular flexibility index (Phi) is 3.42. The average molecular weight is 229 g/mol. The molecule has 2 rings (SSSR count). The molecule has 0 spiro atoms. The highest BCUT2D eigenvalue weighted by Crippen LogP contribution is 2.30. The first kappa shape index (κ1) is 11.7. The van der Waals surface area contributed by atoms with E-state index in [-0.39, 0.29) is 12.4 Å². The van der Waals surface area contributed by atoms with E-state index in [4.69, 9.17) is 9.47 Å². The van der Waals surface area contributed by atoms with Crippen LogP contribution in [0, 0.1) is 0 Å². The van der Waals surface area contributed by atoms with Gasteiger partial charge in [0.1, 0.15) is 11.3 Å². The van der Waals surface area contributed by atoms with Gasteiger partial charge >= 0.3 is 0 Å². The van der Waals surface area contributed by atoms with Gasteiger partial charge in [-0.3, -0.25) is 0 Å². The summed E-state index contributed by atoms with van der Waals surface area (Å²) < 4.78 is 12.3. The van der Waals surface area contributed by atoms with Crippen molar-refractivity contribution in [2.24, 2.45) is 7.05 Å². The Labute approximate surface area is 94.2 Å². The van der Waals surface area contributed by atoms with Gasteiger partial charge in [-0.05, 0) is 6.07 Å². The highest BCUT2D eigenvalue weighted by Gasteiger charge is 2.10. The minimum Gasteiger partial charge on any atom is -0.494 e. The maximum atomic E-state index is 5.21. The molecule has 0 fully saturated rings. The van der Waals surface area contributed by atoms with Crippen LogP contribution >= 0.6 is 12.4 Å². The smallest absolute Gasteiger partial charge is 0.238 e. The lowest BCUT2D eigenvalue weighted by atomic mass is 10.3. The minimum absolute atomic E-state index is 0. The van der Waals surface area contributed by atoms with Crippen LogP contribution in [0.2, 0.25) is 0 Å². The molecule has 0 radical (unpaired) electrons. The van der Waals surface area contributed by atoms with Crippen molar-refractivity contribution in [1.29, 1.82) is 0 Å². The van der Waals surface area contributed by atoms with Crippen LogP contribution in [-0.4, -0.2) is 23.8 Å². The fourth-order valence-electron chi connectivity index (χ4n) is 1.55. The molecule has 82 valence electrons. The van der Waals surface area contributed by atoms with E-state index in [9.17, 15) is 0 Å². The zero-order valence-electron chi connectivity index (χ0n) is 8.85. The minimum atomic E-state index is 0. The number of aryl methyl sites for hydroxylation is 1. The van der Waals surface area contributed by atoms with E-state index in [1.165, 1.54) is 0 Å². The van der Waals surface area contributed by atoms with Gasteiger partial charge in [-0.2, -0.15) is 0 Å². The number of rotatable bonds is 2. The van der Waals surface area contributed by atoms with Gasteiger partial charge in [0, 0.05) is 18.6 Å². The fraction of sp³-hybridized carbons (Fsp3) is 0.300. The largest absolute Gasteiger partial charge is 0.494 e. The molecule has 0 unspecified atom stereocenters. The van der Waals surface area contributed by atoms with Crippen molar-refractivity contribution in [2.45, 2.75) is 0 Å². The first-order chi connectivity index (χ1) is 6.77. The molecule has 2 aromatic rings. The Bertz CT molecular complexity index is 468. The normalized spacial score (nSPS) is 9.80. The van der Waals surface area contributed by atoms with Gasteiger partial charge in [-0.25, -0.2) is 4.98 Å². The second-order valence-corrected chi connectivity index (χ2v) is 3.02. The van der Waals surface area contributed by atoms with Crippen LogP contribution in [0.3, 0.4) is 0 Å². The van der Waals surface area contributed by atoms with Crippen molar-refractivity contribution in [2.75, 3.05) is 14.2 Å². The van der Waals surface area contributed by atoms with Gasteiger partial charge < -0.3 is 14.0 Å². The van der Waals surface area contributed by atoms with Crippen molar-refractivity contribution in [1.82, 2.24) is 9.55 Å². The van der Waals surface area contributed by atoms with Crippen molar-refractivity contribution < 1.29 is 9.47 Å². The average Bonchev–Trinajstić information content (AvgIpc) is 2.60. The third-order valence-corrected chi connectivity index (χ3v) is 2.25. The maximum absolute atomic E-state index is 5.21. The van der Waals surface area contributed by atoms with Crippen LogP contribution < -0.4 is 9.47 Å². The Balaban J connectivity index is 0.00000112. The standard InChI is InChI=1S/C10H12N2O2.ClH/c1-12-5-4-7-8(13-2)6-11-10(14-3)9(7)12;/h4-6H,1-3H3;1H. The van der Waals surface area contributed by atoms with E-state index < -0.39 is 0 Å².